The lowest BCUT2D eigenvalue weighted by Crippen LogP contribution is -2.18. The number of nitrogens with two attached hydrogens (primary N) is 1. The van der Waals surface area contributed by atoms with Crippen LogP contribution in [0.15, 0.2) is 24.2 Å². The molecule has 0 saturated heterocycles. The molecule has 1 radical (unpaired) electrons. The molecular formula is C4H6N3. The third-order valence-electron chi connectivity index (χ3n) is 0.647. The van der Waals surface area contributed by atoms with Gasteiger partial charge in [-0.25, -0.2) is 0 Å². The van der Waals surface area contributed by atoms with Gasteiger partial charge in [0.05, 0.1) is 5.70 Å². The zero-order chi connectivity index (χ0) is 5.11. The molecule has 3 heteroatoms. The molecule has 1 heterocycles. The van der Waals surface area contributed by atoms with Crippen molar-refractivity contribution in [3.63, 3.8) is 0 Å². The van der Waals surface area contributed by atoms with E-state index in [0.29, 0.717) is 5.70 Å². The number of hydrogen-bond donors (Lipinski definition) is 2. The van der Waals surface area contributed by atoms with E-state index in [1.807, 2.05) is 0 Å². The molecule has 3 N–H and O–H groups in total. The van der Waals surface area contributed by atoms with E-state index in [2.05, 4.69) is 10.9 Å². The van der Waals surface area contributed by atoms with Gasteiger partial charge in [-0.05, 0) is 6.08 Å². The van der Waals surface area contributed by atoms with E-state index in [1.165, 1.54) is 0 Å². The second kappa shape index (κ2) is 1.55. The lowest BCUT2D eigenvalue weighted by molar-refractivity contribution is 0.741. The van der Waals surface area contributed by atoms with Gasteiger partial charge in [0.1, 0.15) is 0 Å². The van der Waals surface area contributed by atoms with Gasteiger partial charge in [-0.1, -0.05) is 0 Å². The van der Waals surface area contributed by atoms with Crippen molar-refractivity contribution in [2.75, 3.05) is 0 Å². The Morgan fingerprint density at radius 2 is 2.57 bits per heavy atom. The second-order valence-electron chi connectivity index (χ2n) is 1.22. The molecule has 0 aromatic carbocycles. The molecule has 0 aromatic heterocycles. The van der Waals surface area contributed by atoms with Gasteiger partial charge in [0.25, 0.3) is 0 Å². The SMILES string of the molecule is NC1=CN[N]C=C1. The van der Waals surface area contributed by atoms with Crippen molar-refractivity contribution < 1.29 is 0 Å². The maximum Gasteiger partial charge on any atom is 0.0509 e. The average molecular weight is 96.1 g/mol. The smallest absolute Gasteiger partial charge is 0.0509 e. The predicted molar refractivity (Wildman–Crippen MR) is 26.7 cm³/mol. The molecule has 0 atom stereocenters. The molecule has 7 heavy (non-hydrogen) atoms. The summed E-state index contributed by atoms with van der Waals surface area (Å²) in [5.74, 6) is 0. The molecule has 0 unspecified atom stereocenters. The Balaban J connectivity index is 2.58. The van der Waals surface area contributed by atoms with E-state index in [4.69, 9.17) is 5.73 Å². The highest BCUT2D eigenvalue weighted by Gasteiger charge is 1.85. The molecule has 0 amide bonds. The van der Waals surface area contributed by atoms with E-state index in [1.54, 1.807) is 18.5 Å². The Kier molecular flexibility index (Phi) is 0.898. The molecule has 3 nitrogen and oxygen atoms in total. The van der Waals surface area contributed by atoms with Crippen LogP contribution in [-0.2, 0) is 0 Å². The Hall–Kier alpha value is -1.12. The van der Waals surface area contributed by atoms with Crippen molar-refractivity contribution in [2.45, 2.75) is 0 Å². The van der Waals surface area contributed by atoms with E-state index in [-0.39, 0.29) is 0 Å². The largest absolute Gasteiger partial charge is 0.397 e. The fourth-order valence-electron chi connectivity index (χ4n) is 0.326. The van der Waals surface area contributed by atoms with Crippen LogP contribution in [0.3, 0.4) is 0 Å². The highest BCUT2D eigenvalue weighted by Crippen LogP contribution is 1.85. The molecule has 37 valence electrons. The molecule has 0 fully saturated rings. The molecule has 1 aliphatic heterocycles. The Morgan fingerprint density at radius 3 is 2.86 bits per heavy atom. The van der Waals surface area contributed by atoms with Gasteiger partial charge in [-0.15, -0.1) is 0 Å². The van der Waals surface area contributed by atoms with Crippen LogP contribution in [0.2, 0.25) is 0 Å². The van der Waals surface area contributed by atoms with Crippen molar-refractivity contribution >= 4 is 0 Å². The fourth-order valence-corrected chi connectivity index (χ4v) is 0.326. The first-order chi connectivity index (χ1) is 3.39. The van der Waals surface area contributed by atoms with Crippen molar-refractivity contribution in [1.82, 2.24) is 10.9 Å². The molecular weight excluding hydrogens is 90.1 g/mol. The van der Waals surface area contributed by atoms with E-state index >= 15 is 0 Å². The standard InChI is InChI=1S/C4H6N3/c5-4-1-2-6-7-3-4/h1-3,7H,5H2. The Bertz CT molecular complexity index is 114. The lowest BCUT2D eigenvalue weighted by atomic mass is 10.4. The predicted octanol–water partition coefficient (Wildman–Crippen LogP) is -0.577. The molecule has 1 aliphatic rings. The topological polar surface area (TPSA) is 52.1 Å². The molecule has 0 aromatic rings. The fraction of sp³-hybridized carbons (Fsp3) is 0. The second-order valence-corrected chi connectivity index (χ2v) is 1.22. The van der Waals surface area contributed by atoms with Crippen LogP contribution >= 0.6 is 0 Å². The van der Waals surface area contributed by atoms with Crippen LogP contribution in [0.1, 0.15) is 0 Å². The summed E-state index contributed by atoms with van der Waals surface area (Å²) in [5, 5.41) is 0. The third kappa shape index (κ3) is 0.855. The average Bonchev–Trinajstić information content (AvgIpc) is 1.69. The lowest BCUT2D eigenvalue weighted by Gasteiger charge is -2.00. The van der Waals surface area contributed by atoms with Crippen LogP contribution < -0.4 is 16.6 Å². The van der Waals surface area contributed by atoms with Gasteiger partial charge in [0.15, 0.2) is 0 Å². The molecule has 0 spiro atoms. The number of rotatable bonds is 0. The van der Waals surface area contributed by atoms with Gasteiger partial charge in [-0.2, -0.15) is 5.43 Å². The Morgan fingerprint density at radius 1 is 1.71 bits per heavy atom. The highest BCUT2D eigenvalue weighted by molar-refractivity contribution is 5.15. The summed E-state index contributed by atoms with van der Waals surface area (Å²) in [4.78, 5) is 0. The summed E-state index contributed by atoms with van der Waals surface area (Å²) in [6, 6.07) is 0. The van der Waals surface area contributed by atoms with Gasteiger partial charge >= 0.3 is 0 Å². The summed E-state index contributed by atoms with van der Waals surface area (Å²) in [6.07, 6.45) is 4.95. The summed E-state index contributed by atoms with van der Waals surface area (Å²) >= 11 is 0. The van der Waals surface area contributed by atoms with Crippen molar-refractivity contribution in [1.29, 1.82) is 0 Å². The monoisotopic (exact) mass is 96.1 g/mol. The normalized spacial score (nSPS) is 16.9. The number of nitrogens with one attached hydrogen (secondary N) is 1. The first-order valence-corrected chi connectivity index (χ1v) is 1.97. The summed E-state index contributed by atoms with van der Waals surface area (Å²) in [7, 11) is 0. The molecule has 0 aliphatic carbocycles. The molecule has 0 saturated carbocycles. The first-order valence-electron chi connectivity index (χ1n) is 1.97. The van der Waals surface area contributed by atoms with E-state index in [0.717, 1.165) is 0 Å². The minimum absolute atomic E-state index is 0.704. The van der Waals surface area contributed by atoms with Crippen LogP contribution in [0, 0.1) is 0 Å². The highest BCUT2D eigenvalue weighted by atomic mass is 15.3. The van der Waals surface area contributed by atoms with Crippen LogP contribution in [0.5, 0.6) is 0 Å². The van der Waals surface area contributed by atoms with Crippen LogP contribution in [0.25, 0.3) is 0 Å². The number of allylic oxidation sites excluding steroid dienone is 1. The zero-order valence-electron chi connectivity index (χ0n) is 3.76. The van der Waals surface area contributed by atoms with Crippen molar-refractivity contribution in [3.8, 4) is 0 Å². The number of hydrogen-bond acceptors (Lipinski definition) is 2. The minimum Gasteiger partial charge on any atom is -0.397 e. The van der Waals surface area contributed by atoms with Gasteiger partial charge < -0.3 is 5.73 Å². The summed E-state index contributed by atoms with van der Waals surface area (Å²) in [5.41, 5.74) is 12.2. The number of nitrogens with zero attached hydrogens (tertiary/aromatic N) is 1. The zero-order valence-corrected chi connectivity index (χ0v) is 3.76. The molecule has 0 bridgehead atoms. The van der Waals surface area contributed by atoms with E-state index < -0.39 is 0 Å². The maximum atomic E-state index is 5.29. The third-order valence-corrected chi connectivity index (χ3v) is 0.647. The summed E-state index contributed by atoms with van der Waals surface area (Å²) in [6.45, 7) is 0. The molecule has 1 rings (SSSR count). The summed E-state index contributed by atoms with van der Waals surface area (Å²) < 4.78 is 0. The van der Waals surface area contributed by atoms with Gasteiger partial charge in [0, 0.05) is 12.4 Å². The van der Waals surface area contributed by atoms with Crippen LogP contribution in [0.4, 0.5) is 0 Å². The van der Waals surface area contributed by atoms with Gasteiger partial charge in [-0.3, -0.25) is 5.43 Å². The quantitative estimate of drug-likeness (QED) is 0.424. The van der Waals surface area contributed by atoms with Gasteiger partial charge in [0.2, 0.25) is 0 Å². The maximum absolute atomic E-state index is 5.29. The Labute approximate surface area is 41.9 Å². The first kappa shape index (κ1) is 4.05. The van der Waals surface area contributed by atoms with Crippen LogP contribution in [-0.4, -0.2) is 0 Å². The minimum atomic E-state index is 0.704. The van der Waals surface area contributed by atoms with Crippen molar-refractivity contribution in [3.05, 3.63) is 24.2 Å². The van der Waals surface area contributed by atoms with E-state index in [9.17, 15) is 0 Å². The van der Waals surface area contributed by atoms with Crippen molar-refractivity contribution in [2.24, 2.45) is 5.73 Å².